The number of ether oxygens (including phenoxy) is 2. The second-order valence-electron chi connectivity index (χ2n) is 11.3. The molecule has 5 rings (SSSR count). The van der Waals surface area contributed by atoms with Crippen LogP contribution in [0.15, 0.2) is 106 Å². The van der Waals surface area contributed by atoms with Gasteiger partial charge in [-0.25, -0.2) is 19.2 Å². The van der Waals surface area contributed by atoms with E-state index in [9.17, 15) is 13.6 Å². The van der Waals surface area contributed by atoms with Crippen LogP contribution < -0.4 is 15.6 Å². The van der Waals surface area contributed by atoms with E-state index in [-0.39, 0.29) is 38.6 Å². The topological polar surface area (TPSA) is 190 Å². The van der Waals surface area contributed by atoms with Gasteiger partial charge >= 0.3 is 0 Å². The van der Waals surface area contributed by atoms with Crippen LogP contribution in [0.1, 0.15) is 45.9 Å². The first-order valence-corrected chi connectivity index (χ1v) is 15.6. The molecule has 3 N–H and O–H groups in total. The molecule has 0 spiro atoms. The highest BCUT2D eigenvalue weighted by Gasteiger charge is 2.54. The minimum absolute atomic E-state index is 0.00293. The highest BCUT2D eigenvalue weighted by molar-refractivity contribution is 6.01. The Morgan fingerprint density at radius 3 is 2.30 bits per heavy atom. The fraction of sp³-hybridized carbons (Fsp3) is 0.257. The third-order valence-corrected chi connectivity index (χ3v) is 8.03. The minimum atomic E-state index is -1.70. The molecule has 13 nitrogen and oxygen atoms in total. The fourth-order valence-electron chi connectivity index (χ4n) is 5.57. The summed E-state index contributed by atoms with van der Waals surface area (Å²) in [6.07, 6.45) is -0.604. The molecule has 15 heteroatoms. The summed E-state index contributed by atoms with van der Waals surface area (Å²) in [4.78, 5) is 25.4. The van der Waals surface area contributed by atoms with Crippen molar-refractivity contribution in [2.45, 2.75) is 44.1 Å². The zero-order chi connectivity index (χ0) is 35.3. The van der Waals surface area contributed by atoms with Crippen molar-refractivity contribution in [1.29, 1.82) is 0 Å². The van der Waals surface area contributed by atoms with Crippen molar-refractivity contribution in [3.63, 3.8) is 0 Å². The van der Waals surface area contributed by atoms with E-state index in [1.165, 1.54) is 6.07 Å². The minimum Gasteiger partial charge on any atom is -0.494 e. The predicted molar refractivity (Wildman–Crippen MR) is 180 cm³/mol. The number of aliphatic hydroxyl groups is 1. The van der Waals surface area contributed by atoms with Crippen LogP contribution in [0.4, 0.5) is 8.78 Å². The average molecular weight is 682 g/mol. The molecule has 0 saturated heterocycles. The number of hydrogen-bond donors (Lipinski definition) is 3. The Labute approximate surface area is 285 Å². The van der Waals surface area contributed by atoms with E-state index in [0.29, 0.717) is 52.2 Å². The average Bonchev–Trinajstić information content (AvgIpc) is 3.52. The van der Waals surface area contributed by atoms with E-state index in [2.05, 4.69) is 30.9 Å². The molecule has 0 fully saturated rings. The van der Waals surface area contributed by atoms with Crippen molar-refractivity contribution < 1.29 is 28.2 Å². The van der Waals surface area contributed by atoms with Gasteiger partial charge in [-0.05, 0) is 75.3 Å². The summed E-state index contributed by atoms with van der Waals surface area (Å²) in [6.45, 7) is 0.275. The maximum absolute atomic E-state index is 14.6. The van der Waals surface area contributed by atoms with Gasteiger partial charge in [0.25, 0.3) is 5.91 Å². The number of halogens is 2. The van der Waals surface area contributed by atoms with Gasteiger partial charge in [0.05, 0.1) is 19.7 Å². The number of hydrazine groups is 1. The van der Waals surface area contributed by atoms with Gasteiger partial charge in [-0.1, -0.05) is 64.8 Å². The van der Waals surface area contributed by atoms with Gasteiger partial charge in [0.15, 0.2) is 23.3 Å². The van der Waals surface area contributed by atoms with E-state index in [4.69, 9.17) is 30.6 Å². The van der Waals surface area contributed by atoms with Gasteiger partial charge in [-0.3, -0.25) is 10.2 Å². The summed E-state index contributed by atoms with van der Waals surface area (Å²) < 4.78 is 39.7. The lowest BCUT2D eigenvalue weighted by molar-refractivity contribution is -0.130. The second-order valence-corrected chi connectivity index (χ2v) is 11.3. The van der Waals surface area contributed by atoms with Crippen LogP contribution in [0, 0.1) is 11.6 Å². The van der Waals surface area contributed by atoms with Crippen molar-refractivity contribution in [3.8, 4) is 5.75 Å². The molecule has 0 unspecified atom stereocenters. The van der Waals surface area contributed by atoms with E-state index in [1.807, 2.05) is 0 Å². The lowest BCUT2D eigenvalue weighted by Gasteiger charge is -2.32. The first-order valence-electron chi connectivity index (χ1n) is 15.6. The highest BCUT2D eigenvalue weighted by Crippen LogP contribution is 2.44. The number of benzene rings is 4. The lowest BCUT2D eigenvalue weighted by atomic mass is 9.80. The van der Waals surface area contributed by atoms with Gasteiger partial charge in [-0.15, -0.1) is 0 Å². The Morgan fingerprint density at radius 2 is 1.60 bits per heavy atom. The van der Waals surface area contributed by atoms with Crippen LogP contribution in [0.2, 0.25) is 0 Å². The van der Waals surface area contributed by atoms with Gasteiger partial charge < -0.3 is 14.6 Å². The molecule has 0 saturated carbocycles. The summed E-state index contributed by atoms with van der Waals surface area (Å²) in [5.41, 5.74) is 25.4. The molecular weight excluding hydrogens is 648 g/mol. The standard InChI is InChI=1S/C35H33F2N9O4/c36-30-15-10-23(18-31(30)37)20-40-44-34(48)35(19-25-6-1-2-7-26(25)21-41-45-38)32(29-9-4-3-8-27(29)22-42-46-39)50-33(43-35)24-11-13-28(14-12-24)49-17-5-16-47/h1-4,6-15,18,32,40,47H,5,16-17,19-22H2,(H,44,48)/t32-,35-/m0/s1. The molecule has 256 valence electrons. The first-order chi connectivity index (χ1) is 24.4. The van der Waals surface area contributed by atoms with Crippen molar-refractivity contribution in [2.75, 3.05) is 13.2 Å². The number of nitrogens with zero attached hydrogens (tertiary/aromatic N) is 7. The van der Waals surface area contributed by atoms with Gasteiger partial charge in [-0.2, -0.15) is 0 Å². The third-order valence-electron chi connectivity index (χ3n) is 8.03. The van der Waals surface area contributed by atoms with Crippen molar-refractivity contribution >= 4 is 11.8 Å². The molecular formula is C35H33F2N9O4. The number of nitrogens with one attached hydrogen (secondary N) is 2. The van der Waals surface area contributed by atoms with Crippen molar-refractivity contribution in [2.24, 2.45) is 15.2 Å². The Balaban J connectivity index is 1.60. The van der Waals surface area contributed by atoms with Gasteiger partial charge in [0.1, 0.15) is 5.75 Å². The monoisotopic (exact) mass is 681 g/mol. The smallest absolute Gasteiger partial charge is 0.266 e. The van der Waals surface area contributed by atoms with E-state index < -0.39 is 29.2 Å². The van der Waals surface area contributed by atoms with Crippen LogP contribution in [-0.2, 0) is 35.6 Å². The summed E-state index contributed by atoms with van der Waals surface area (Å²) in [6, 6.07) is 24.6. The largest absolute Gasteiger partial charge is 0.494 e. The molecule has 0 aromatic heterocycles. The molecule has 1 heterocycles. The normalized spacial score (nSPS) is 16.4. The molecule has 1 aliphatic rings. The molecule has 0 radical (unpaired) electrons. The number of azide groups is 2. The number of carbonyl (C=O) groups excluding carboxylic acids is 1. The quantitative estimate of drug-likeness (QED) is 0.0391. The Bertz CT molecular complexity index is 1950. The Hall–Kier alpha value is -5.98. The molecule has 2 atom stereocenters. The maximum atomic E-state index is 14.6. The molecule has 1 aliphatic heterocycles. The summed E-state index contributed by atoms with van der Waals surface area (Å²) in [5.74, 6) is -1.91. The number of hydrogen-bond acceptors (Lipinski definition) is 8. The summed E-state index contributed by atoms with van der Waals surface area (Å²) >= 11 is 0. The zero-order valence-electron chi connectivity index (χ0n) is 26.7. The lowest BCUT2D eigenvalue weighted by Crippen LogP contribution is -2.54. The number of aliphatic hydroxyl groups excluding tert-OH is 1. The Morgan fingerprint density at radius 1 is 0.920 bits per heavy atom. The molecule has 0 bridgehead atoms. The number of amides is 1. The molecule has 0 aliphatic carbocycles. The van der Waals surface area contributed by atoms with Crippen LogP contribution in [0.5, 0.6) is 5.75 Å². The van der Waals surface area contributed by atoms with Crippen LogP contribution in [0.25, 0.3) is 20.9 Å². The van der Waals surface area contributed by atoms with Gasteiger partial charge in [0.2, 0.25) is 5.90 Å². The van der Waals surface area contributed by atoms with Crippen LogP contribution in [0.3, 0.4) is 0 Å². The SMILES string of the molecule is [N-]=[N+]=NCc1ccccc1C[C@]1(C(=O)NNCc2ccc(F)c(F)c2)N=C(c2ccc(OCCCO)cc2)O[C@H]1c1ccccc1CN=[N+]=[N-]. The maximum Gasteiger partial charge on any atom is 0.266 e. The van der Waals surface area contributed by atoms with Crippen LogP contribution >= 0.6 is 0 Å². The summed E-state index contributed by atoms with van der Waals surface area (Å²) in [5, 5.41) is 16.6. The van der Waals surface area contributed by atoms with E-state index in [0.717, 1.165) is 12.1 Å². The summed E-state index contributed by atoms with van der Waals surface area (Å²) in [7, 11) is 0. The third kappa shape index (κ3) is 8.35. The number of aliphatic imine (C=N–C) groups is 1. The van der Waals surface area contributed by atoms with Crippen molar-refractivity contribution in [3.05, 3.63) is 157 Å². The number of carbonyl (C=O) groups is 1. The molecule has 4 aromatic rings. The van der Waals surface area contributed by atoms with E-state index >= 15 is 0 Å². The van der Waals surface area contributed by atoms with Gasteiger partial charge in [0, 0.05) is 41.4 Å². The fourth-order valence-corrected chi connectivity index (χ4v) is 5.57. The van der Waals surface area contributed by atoms with E-state index in [1.54, 1.807) is 72.8 Å². The highest BCUT2D eigenvalue weighted by atomic mass is 19.2. The predicted octanol–water partition coefficient (Wildman–Crippen LogP) is 6.67. The molecule has 4 aromatic carbocycles. The first kappa shape index (κ1) is 35.3. The van der Waals surface area contributed by atoms with Crippen LogP contribution in [-0.4, -0.2) is 35.7 Å². The Kier molecular flexibility index (Phi) is 11.9. The zero-order valence-corrected chi connectivity index (χ0v) is 26.7. The molecule has 50 heavy (non-hydrogen) atoms. The molecule has 1 amide bonds. The second kappa shape index (κ2) is 16.9. The number of rotatable bonds is 16. The van der Waals surface area contributed by atoms with Crippen molar-refractivity contribution in [1.82, 2.24) is 10.9 Å².